The van der Waals surface area contributed by atoms with Crippen molar-refractivity contribution in [2.24, 2.45) is 0 Å². The van der Waals surface area contributed by atoms with Crippen LogP contribution in [-0.4, -0.2) is 53.0 Å². The van der Waals surface area contributed by atoms with Crippen LogP contribution in [0.25, 0.3) is 11.4 Å². The van der Waals surface area contributed by atoms with Crippen LogP contribution in [0.5, 0.6) is 11.5 Å². The zero-order valence-corrected chi connectivity index (χ0v) is 18.2. The third-order valence-electron chi connectivity index (χ3n) is 4.68. The average Bonchev–Trinajstić information content (AvgIpc) is 3.39. The Labute approximate surface area is 184 Å². The van der Waals surface area contributed by atoms with Gasteiger partial charge in [-0.05, 0) is 24.6 Å². The highest BCUT2D eigenvalue weighted by Gasteiger charge is 2.19. The molecule has 0 spiro atoms. The summed E-state index contributed by atoms with van der Waals surface area (Å²) in [4.78, 5) is 12.3. The molecule has 0 saturated carbocycles. The van der Waals surface area contributed by atoms with Crippen LogP contribution < -0.4 is 14.8 Å². The molecule has 2 heterocycles. The summed E-state index contributed by atoms with van der Waals surface area (Å²) >= 11 is 1.36. The smallest absolute Gasteiger partial charge is 0.231 e. The fraction of sp³-hybridized carbons (Fsp3) is 0.318. The maximum absolute atomic E-state index is 12.3. The first kappa shape index (κ1) is 21.2. The minimum atomic E-state index is -0.0755. The van der Waals surface area contributed by atoms with Crippen molar-refractivity contribution in [3.8, 4) is 22.9 Å². The van der Waals surface area contributed by atoms with Gasteiger partial charge in [-0.3, -0.25) is 9.36 Å². The van der Waals surface area contributed by atoms with Crippen LogP contribution in [0.3, 0.4) is 0 Å². The van der Waals surface area contributed by atoms with Crippen molar-refractivity contribution in [3.63, 3.8) is 0 Å². The zero-order chi connectivity index (χ0) is 21.6. The van der Waals surface area contributed by atoms with Crippen LogP contribution in [0.2, 0.25) is 0 Å². The van der Waals surface area contributed by atoms with Crippen molar-refractivity contribution in [1.82, 2.24) is 20.1 Å². The van der Waals surface area contributed by atoms with E-state index in [0.717, 1.165) is 28.5 Å². The Morgan fingerprint density at radius 2 is 2.00 bits per heavy atom. The highest BCUT2D eigenvalue weighted by atomic mass is 32.2. The Morgan fingerprint density at radius 3 is 2.81 bits per heavy atom. The second kappa shape index (κ2) is 9.84. The molecular weight excluding hydrogens is 416 g/mol. The van der Waals surface area contributed by atoms with E-state index in [0.29, 0.717) is 18.3 Å². The number of carbonyl (C=O) groups excluding carboxylic acids is 1. The number of hydrogen-bond acceptors (Lipinski definition) is 7. The fourth-order valence-corrected chi connectivity index (χ4v) is 4.05. The van der Waals surface area contributed by atoms with Crippen LogP contribution in [0, 0.1) is 0 Å². The molecule has 1 unspecified atom stereocenters. The van der Waals surface area contributed by atoms with Crippen molar-refractivity contribution < 1.29 is 19.0 Å². The van der Waals surface area contributed by atoms with Gasteiger partial charge in [-0.15, -0.1) is 10.2 Å². The first-order valence-electron chi connectivity index (χ1n) is 9.92. The number of rotatable bonds is 9. The van der Waals surface area contributed by atoms with Gasteiger partial charge in [0.05, 0.1) is 18.9 Å². The quantitative estimate of drug-likeness (QED) is 0.512. The van der Waals surface area contributed by atoms with Gasteiger partial charge in [-0.2, -0.15) is 0 Å². The molecule has 1 atom stereocenters. The van der Waals surface area contributed by atoms with Crippen LogP contribution in [0.1, 0.15) is 12.5 Å². The molecule has 1 N–H and O–H groups in total. The second-order valence-corrected chi connectivity index (χ2v) is 8.10. The number of nitrogens with one attached hydrogen (secondary N) is 1. The van der Waals surface area contributed by atoms with E-state index in [1.165, 1.54) is 11.8 Å². The van der Waals surface area contributed by atoms with Crippen LogP contribution in [0.4, 0.5) is 0 Å². The minimum absolute atomic E-state index is 0.0514. The Morgan fingerprint density at radius 1 is 1.19 bits per heavy atom. The van der Waals surface area contributed by atoms with Gasteiger partial charge in [0, 0.05) is 18.7 Å². The van der Waals surface area contributed by atoms with Gasteiger partial charge in [0.1, 0.15) is 0 Å². The third kappa shape index (κ3) is 5.18. The molecule has 0 bridgehead atoms. The third-order valence-corrected chi connectivity index (χ3v) is 5.65. The van der Waals surface area contributed by atoms with E-state index in [2.05, 4.69) is 15.5 Å². The van der Waals surface area contributed by atoms with Gasteiger partial charge >= 0.3 is 0 Å². The summed E-state index contributed by atoms with van der Waals surface area (Å²) in [7, 11) is 1.61. The second-order valence-electron chi connectivity index (χ2n) is 7.16. The van der Waals surface area contributed by atoms with Crippen molar-refractivity contribution in [3.05, 3.63) is 54.1 Å². The highest BCUT2D eigenvalue weighted by Crippen LogP contribution is 2.33. The van der Waals surface area contributed by atoms with Crippen molar-refractivity contribution >= 4 is 17.7 Å². The molecule has 1 aromatic heterocycles. The van der Waals surface area contributed by atoms with Gasteiger partial charge in [0.15, 0.2) is 22.5 Å². The van der Waals surface area contributed by atoms with E-state index in [1.54, 1.807) is 7.11 Å². The summed E-state index contributed by atoms with van der Waals surface area (Å²) in [5, 5.41) is 12.4. The van der Waals surface area contributed by atoms with Gasteiger partial charge in [-0.25, -0.2) is 0 Å². The molecule has 3 aromatic rings. The molecule has 4 rings (SSSR count). The first-order chi connectivity index (χ1) is 15.1. The van der Waals surface area contributed by atoms with Gasteiger partial charge in [0.2, 0.25) is 12.7 Å². The number of benzene rings is 2. The van der Waals surface area contributed by atoms with E-state index >= 15 is 0 Å². The molecule has 31 heavy (non-hydrogen) atoms. The summed E-state index contributed by atoms with van der Waals surface area (Å²) in [6, 6.07) is 15.7. The van der Waals surface area contributed by atoms with E-state index in [-0.39, 0.29) is 24.5 Å². The Bertz CT molecular complexity index is 1040. The molecule has 162 valence electrons. The lowest BCUT2D eigenvalue weighted by Gasteiger charge is -2.13. The molecule has 0 radical (unpaired) electrons. The summed E-state index contributed by atoms with van der Waals surface area (Å²) in [6.45, 7) is 3.15. The number of amides is 1. The van der Waals surface area contributed by atoms with Crippen LogP contribution in [0.15, 0.2) is 53.7 Å². The Balaban J connectivity index is 1.55. The monoisotopic (exact) mass is 440 g/mol. The SMILES string of the molecule is COCC(C)NC(=O)CSc1nnc(-c2ccccc2)n1Cc1ccc2c(c1)OCO2. The van der Waals surface area contributed by atoms with Gasteiger partial charge < -0.3 is 19.5 Å². The van der Waals surface area contributed by atoms with E-state index in [4.69, 9.17) is 14.2 Å². The molecule has 1 aliphatic rings. The maximum Gasteiger partial charge on any atom is 0.231 e. The summed E-state index contributed by atoms with van der Waals surface area (Å²) in [5.74, 6) is 2.38. The number of ether oxygens (including phenoxy) is 3. The number of fused-ring (bicyclic) bond motifs is 1. The summed E-state index contributed by atoms with van der Waals surface area (Å²) in [6.07, 6.45) is 0. The zero-order valence-electron chi connectivity index (χ0n) is 17.4. The van der Waals surface area contributed by atoms with Crippen molar-refractivity contribution in [2.45, 2.75) is 24.7 Å². The number of aromatic nitrogens is 3. The molecule has 0 fully saturated rings. The van der Waals surface area contributed by atoms with Crippen LogP contribution >= 0.6 is 11.8 Å². The lowest BCUT2D eigenvalue weighted by atomic mass is 10.2. The largest absolute Gasteiger partial charge is 0.454 e. The number of methoxy groups -OCH3 is 1. The predicted octanol–water partition coefficient (Wildman–Crippen LogP) is 2.97. The number of hydrogen-bond donors (Lipinski definition) is 1. The van der Waals surface area contributed by atoms with E-state index in [9.17, 15) is 4.79 Å². The van der Waals surface area contributed by atoms with E-state index < -0.39 is 0 Å². The lowest BCUT2D eigenvalue weighted by molar-refractivity contribution is -0.119. The molecule has 2 aromatic carbocycles. The molecule has 1 amide bonds. The summed E-state index contributed by atoms with van der Waals surface area (Å²) in [5.41, 5.74) is 1.99. The highest BCUT2D eigenvalue weighted by molar-refractivity contribution is 7.99. The number of thioether (sulfide) groups is 1. The normalized spacial score (nSPS) is 13.2. The van der Waals surface area contributed by atoms with Gasteiger partial charge in [0.25, 0.3) is 0 Å². The fourth-order valence-electron chi connectivity index (χ4n) is 3.30. The standard InChI is InChI=1S/C22H24N4O4S/c1-15(12-28-2)23-20(27)13-31-22-25-24-21(17-6-4-3-5-7-17)26(22)11-16-8-9-18-19(10-16)30-14-29-18/h3-10,15H,11-14H2,1-2H3,(H,23,27). The van der Waals surface area contributed by atoms with Crippen molar-refractivity contribution in [2.75, 3.05) is 26.3 Å². The molecule has 0 saturated heterocycles. The minimum Gasteiger partial charge on any atom is -0.454 e. The van der Waals surface area contributed by atoms with E-state index in [1.807, 2.05) is 60.0 Å². The molecule has 8 nitrogen and oxygen atoms in total. The molecule has 0 aliphatic carbocycles. The number of carbonyl (C=O) groups is 1. The Kier molecular flexibility index (Phi) is 6.73. The topological polar surface area (TPSA) is 87.5 Å². The van der Waals surface area contributed by atoms with Crippen molar-refractivity contribution in [1.29, 1.82) is 0 Å². The average molecular weight is 441 g/mol. The van der Waals surface area contributed by atoms with Gasteiger partial charge in [-0.1, -0.05) is 48.2 Å². The summed E-state index contributed by atoms with van der Waals surface area (Å²) < 4.78 is 18.0. The molecular formula is C22H24N4O4S. The Hall–Kier alpha value is -3.04. The first-order valence-corrected chi connectivity index (χ1v) is 10.9. The maximum atomic E-state index is 12.3. The predicted molar refractivity (Wildman–Crippen MR) is 117 cm³/mol. The lowest BCUT2D eigenvalue weighted by Crippen LogP contribution is -2.36. The molecule has 9 heteroatoms. The molecule has 1 aliphatic heterocycles. The van der Waals surface area contributed by atoms with Crippen LogP contribution in [-0.2, 0) is 16.1 Å². The number of nitrogens with zero attached hydrogens (tertiary/aromatic N) is 3.